The van der Waals surface area contributed by atoms with E-state index < -0.39 is 35.2 Å². The van der Waals surface area contributed by atoms with Crippen LogP contribution in [0.25, 0.3) is 0 Å². The maximum Gasteiger partial charge on any atom is 0.383 e. The summed E-state index contributed by atoms with van der Waals surface area (Å²) in [5.74, 6) is -2.94. The number of hydrogen-bond donors (Lipinski definition) is 0. The van der Waals surface area contributed by atoms with Crippen LogP contribution in [0.4, 0.5) is 22.0 Å². The third-order valence-electron chi connectivity index (χ3n) is 6.23. The lowest BCUT2D eigenvalue weighted by Crippen LogP contribution is -2.30. The molecule has 0 heterocycles. The van der Waals surface area contributed by atoms with Gasteiger partial charge in [0.25, 0.3) is 0 Å². The summed E-state index contributed by atoms with van der Waals surface area (Å²) in [6, 6.07) is 0.599. The molecule has 2 aliphatic carbocycles. The van der Waals surface area contributed by atoms with Gasteiger partial charge in [0.1, 0.15) is 0 Å². The van der Waals surface area contributed by atoms with Crippen molar-refractivity contribution < 1.29 is 26.7 Å². The largest absolute Gasteiger partial charge is 0.383 e. The topological polar surface area (TPSA) is 9.23 Å². The molecular formula is C21H27F5O. The summed E-state index contributed by atoms with van der Waals surface area (Å²) in [5.41, 5.74) is -0.989. The van der Waals surface area contributed by atoms with Gasteiger partial charge in [-0.3, -0.25) is 0 Å². The van der Waals surface area contributed by atoms with Crippen molar-refractivity contribution in [3.05, 3.63) is 35.1 Å². The van der Waals surface area contributed by atoms with E-state index in [1.807, 2.05) is 0 Å². The van der Waals surface area contributed by atoms with Crippen LogP contribution in [0.3, 0.4) is 0 Å². The van der Waals surface area contributed by atoms with Crippen LogP contribution in [-0.4, -0.2) is 6.10 Å². The molecule has 27 heavy (non-hydrogen) atoms. The summed E-state index contributed by atoms with van der Waals surface area (Å²) in [6.07, 6.45) is 4.42. The Balaban J connectivity index is 1.51. The lowest BCUT2D eigenvalue weighted by molar-refractivity contribution is -0.278. The monoisotopic (exact) mass is 390 g/mol. The second-order valence-electron chi connectivity index (χ2n) is 8.39. The van der Waals surface area contributed by atoms with Crippen molar-refractivity contribution in [2.45, 2.75) is 76.9 Å². The van der Waals surface area contributed by atoms with Crippen LogP contribution in [0, 0.1) is 35.2 Å². The van der Waals surface area contributed by atoms with E-state index in [4.69, 9.17) is 4.74 Å². The molecule has 0 unspecified atom stereocenters. The molecule has 0 saturated heterocycles. The molecule has 0 radical (unpaired) electrons. The Kier molecular flexibility index (Phi) is 6.44. The van der Waals surface area contributed by atoms with Gasteiger partial charge in [-0.05, 0) is 62.0 Å². The average molecular weight is 390 g/mol. The molecule has 0 aromatic heterocycles. The summed E-state index contributed by atoms with van der Waals surface area (Å²) in [7, 11) is 0. The Morgan fingerprint density at radius 3 is 1.85 bits per heavy atom. The van der Waals surface area contributed by atoms with Gasteiger partial charge >= 0.3 is 6.11 Å². The number of alkyl halides is 2. The SMILES string of the molecule is CC1CCC(CC2CCC(OC(F)(F)c3cc(F)c(F)c(F)c3)CC2)CC1. The van der Waals surface area contributed by atoms with Crippen molar-refractivity contribution in [1.82, 2.24) is 0 Å². The van der Waals surface area contributed by atoms with E-state index in [1.165, 1.54) is 25.7 Å². The maximum atomic E-state index is 14.3. The molecule has 2 saturated carbocycles. The first-order valence-corrected chi connectivity index (χ1v) is 9.95. The van der Waals surface area contributed by atoms with Crippen LogP contribution >= 0.6 is 0 Å². The fraction of sp³-hybridized carbons (Fsp3) is 0.714. The van der Waals surface area contributed by atoms with Gasteiger partial charge in [0.15, 0.2) is 17.5 Å². The average Bonchev–Trinajstić information content (AvgIpc) is 2.62. The molecule has 1 nitrogen and oxygen atoms in total. The highest BCUT2D eigenvalue weighted by Gasteiger charge is 2.39. The molecule has 0 amide bonds. The Morgan fingerprint density at radius 1 is 0.852 bits per heavy atom. The molecule has 6 heteroatoms. The molecule has 0 spiro atoms. The number of hydrogen-bond acceptors (Lipinski definition) is 1. The van der Waals surface area contributed by atoms with E-state index in [-0.39, 0.29) is 0 Å². The van der Waals surface area contributed by atoms with Gasteiger partial charge in [-0.15, -0.1) is 0 Å². The molecule has 1 aromatic carbocycles. The fourth-order valence-corrected chi connectivity index (χ4v) is 4.52. The first-order valence-electron chi connectivity index (χ1n) is 9.95. The quantitative estimate of drug-likeness (QED) is 0.391. The van der Waals surface area contributed by atoms with Crippen LogP contribution in [-0.2, 0) is 10.8 Å². The molecule has 0 N–H and O–H groups in total. The van der Waals surface area contributed by atoms with Gasteiger partial charge in [0.2, 0.25) is 0 Å². The first-order chi connectivity index (χ1) is 12.7. The van der Waals surface area contributed by atoms with Gasteiger partial charge in [-0.1, -0.05) is 32.6 Å². The van der Waals surface area contributed by atoms with E-state index >= 15 is 0 Å². The lowest BCUT2D eigenvalue weighted by atomic mass is 9.75. The van der Waals surface area contributed by atoms with E-state index in [0.29, 0.717) is 30.9 Å². The molecule has 2 aliphatic rings. The van der Waals surface area contributed by atoms with Gasteiger partial charge < -0.3 is 4.74 Å². The molecule has 3 rings (SSSR count). The molecule has 1 aromatic rings. The van der Waals surface area contributed by atoms with Gasteiger partial charge in [0, 0.05) is 0 Å². The second-order valence-corrected chi connectivity index (χ2v) is 8.39. The predicted molar refractivity (Wildman–Crippen MR) is 92.8 cm³/mol. The summed E-state index contributed by atoms with van der Waals surface area (Å²) in [5, 5.41) is 0. The third kappa shape index (κ3) is 5.21. The van der Waals surface area contributed by atoms with Crippen molar-refractivity contribution in [3.63, 3.8) is 0 Å². The highest BCUT2D eigenvalue weighted by Crippen LogP contribution is 2.40. The third-order valence-corrected chi connectivity index (χ3v) is 6.23. The number of ether oxygens (including phenoxy) is 1. The first kappa shape index (κ1) is 20.6. The molecule has 0 bridgehead atoms. The maximum absolute atomic E-state index is 14.3. The van der Waals surface area contributed by atoms with E-state index in [9.17, 15) is 22.0 Å². The summed E-state index contributed by atoms with van der Waals surface area (Å²) < 4.78 is 72.9. The molecule has 0 atom stereocenters. The van der Waals surface area contributed by atoms with Crippen molar-refractivity contribution in [1.29, 1.82) is 0 Å². The van der Waals surface area contributed by atoms with Crippen LogP contribution in [0.5, 0.6) is 0 Å². The van der Waals surface area contributed by atoms with Gasteiger partial charge in [-0.25, -0.2) is 13.2 Å². The summed E-state index contributed by atoms with van der Waals surface area (Å²) in [6.45, 7) is 2.29. The highest BCUT2D eigenvalue weighted by molar-refractivity contribution is 5.22. The van der Waals surface area contributed by atoms with Crippen LogP contribution in [0.1, 0.15) is 70.3 Å². The summed E-state index contributed by atoms with van der Waals surface area (Å²) in [4.78, 5) is 0. The number of rotatable bonds is 5. The Hall–Kier alpha value is -1.17. The van der Waals surface area contributed by atoms with E-state index in [2.05, 4.69) is 6.92 Å². The van der Waals surface area contributed by atoms with Gasteiger partial charge in [0.05, 0.1) is 11.7 Å². The van der Waals surface area contributed by atoms with Crippen LogP contribution in [0.2, 0.25) is 0 Å². The molecule has 2 fully saturated rings. The normalized spacial score (nSPS) is 29.7. The minimum atomic E-state index is -3.84. The zero-order chi connectivity index (χ0) is 19.6. The van der Waals surface area contributed by atoms with Crippen LogP contribution < -0.4 is 0 Å². The van der Waals surface area contributed by atoms with Crippen molar-refractivity contribution in [3.8, 4) is 0 Å². The van der Waals surface area contributed by atoms with Crippen molar-refractivity contribution in [2.24, 2.45) is 17.8 Å². The Bertz CT molecular complexity index is 608. The zero-order valence-electron chi connectivity index (χ0n) is 15.6. The molecule has 152 valence electrons. The number of halogens is 5. The highest BCUT2D eigenvalue weighted by atomic mass is 19.3. The molecule has 0 aliphatic heterocycles. The summed E-state index contributed by atoms with van der Waals surface area (Å²) >= 11 is 0. The lowest BCUT2D eigenvalue weighted by Gasteiger charge is -2.34. The fourth-order valence-electron chi connectivity index (χ4n) is 4.52. The predicted octanol–water partition coefficient (Wildman–Crippen LogP) is 6.95. The van der Waals surface area contributed by atoms with Crippen LogP contribution in [0.15, 0.2) is 12.1 Å². The minimum Gasteiger partial charge on any atom is -0.313 e. The standard InChI is InChI=1S/C21H27F5O/c1-13-2-4-14(5-3-13)10-15-6-8-17(9-7-15)27-21(25,26)16-11-18(22)20(24)19(23)12-16/h11-15,17H,2-10H2,1H3. The number of benzene rings is 1. The van der Waals surface area contributed by atoms with E-state index in [1.54, 1.807) is 0 Å². The zero-order valence-corrected chi connectivity index (χ0v) is 15.6. The van der Waals surface area contributed by atoms with Crippen molar-refractivity contribution in [2.75, 3.05) is 0 Å². The Labute approximate surface area is 157 Å². The minimum absolute atomic E-state index is 0.300. The Morgan fingerprint density at radius 2 is 1.33 bits per heavy atom. The van der Waals surface area contributed by atoms with Crippen molar-refractivity contribution >= 4 is 0 Å². The second kappa shape index (κ2) is 8.46. The molecular weight excluding hydrogens is 363 g/mol. The smallest absolute Gasteiger partial charge is 0.313 e. The van der Waals surface area contributed by atoms with Gasteiger partial charge in [-0.2, -0.15) is 8.78 Å². The van der Waals surface area contributed by atoms with E-state index in [0.717, 1.165) is 31.1 Å².